The Balaban J connectivity index is 2.15. The molecule has 5 heteroatoms. The van der Waals surface area contributed by atoms with Gasteiger partial charge in [0, 0.05) is 5.56 Å². The second-order valence-electron chi connectivity index (χ2n) is 3.66. The molecule has 0 radical (unpaired) electrons. The first-order chi connectivity index (χ1) is 8.79. The maximum Gasteiger partial charge on any atom is 0.364 e. The lowest BCUT2D eigenvalue weighted by Crippen LogP contribution is -2.35. The molecule has 0 saturated heterocycles. The van der Waals surface area contributed by atoms with Crippen molar-refractivity contribution in [3.05, 3.63) is 60.2 Å². The molecule has 2 aromatic rings. The fraction of sp³-hybridized carbons (Fsp3) is 0.154. The molecule has 0 fully saturated rings. The number of carbonyl (C=O) groups is 1. The molecule has 0 saturated carbocycles. The Kier molecular flexibility index (Phi) is 4.30. The molecule has 1 heterocycles. The van der Waals surface area contributed by atoms with E-state index in [1.54, 1.807) is 12.4 Å². The molecule has 2 rings (SSSR count). The molecular weight excluding hydrogens is 248 g/mol. The third-order valence-electron chi connectivity index (χ3n) is 2.37. The Morgan fingerprint density at radius 1 is 1.33 bits per heavy atom. The number of esters is 1. The van der Waals surface area contributed by atoms with Gasteiger partial charge in [-0.15, -0.1) is 12.6 Å². The van der Waals surface area contributed by atoms with E-state index in [-0.39, 0.29) is 11.6 Å². The third kappa shape index (κ3) is 3.30. The molecule has 0 aliphatic heterocycles. The lowest BCUT2D eigenvalue weighted by Gasteiger charge is -2.00. The monoisotopic (exact) mass is 261 g/mol. The van der Waals surface area contributed by atoms with Gasteiger partial charge in [-0.25, -0.2) is 9.78 Å². The van der Waals surface area contributed by atoms with Gasteiger partial charge in [0.1, 0.15) is 5.94 Å². The summed E-state index contributed by atoms with van der Waals surface area (Å²) in [4.78, 5) is 15.5. The molecule has 0 spiro atoms. The summed E-state index contributed by atoms with van der Waals surface area (Å²) in [6.45, 7) is 0.685. The minimum Gasteiger partial charge on any atom is -0.450 e. The van der Waals surface area contributed by atoms with Gasteiger partial charge < -0.3 is 4.74 Å². The molecule has 0 aliphatic rings. The molecule has 1 aromatic heterocycles. The molecule has 0 unspecified atom stereocenters. The van der Waals surface area contributed by atoms with Crippen LogP contribution in [0.4, 0.5) is 0 Å². The summed E-state index contributed by atoms with van der Waals surface area (Å²) in [6, 6.07) is 9.98. The van der Waals surface area contributed by atoms with E-state index in [2.05, 4.69) is 17.6 Å². The topological polar surface area (TPSA) is 43.1 Å². The summed E-state index contributed by atoms with van der Waals surface area (Å²) < 4.78 is 6.67. The quantitative estimate of drug-likeness (QED) is 0.392. The Morgan fingerprint density at radius 2 is 2.11 bits per heavy atom. The number of nitrogens with zero attached hydrogens (tertiary/aromatic N) is 2. The zero-order valence-corrected chi connectivity index (χ0v) is 10.6. The predicted molar refractivity (Wildman–Crippen MR) is 69.2 cm³/mol. The number of benzene rings is 1. The van der Waals surface area contributed by atoms with Gasteiger partial charge in [-0.3, -0.25) is 0 Å². The van der Waals surface area contributed by atoms with Crippen LogP contribution in [-0.2, 0) is 11.3 Å². The SMILES string of the molecule is O=C(OCS)c1c[n+](Cc2ccccc2)ccn1. The lowest BCUT2D eigenvalue weighted by molar-refractivity contribution is -0.689. The van der Waals surface area contributed by atoms with Crippen LogP contribution in [0.2, 0.25) is 0 Å². The van der Waals surface area contributed by atoms with Crippen molar-refractivity contribution >= 4 is 18.6 Å². The highest BCUT2D eigenvalue weighted by Crippen LogP contribution is 1.99. The summed E-state index contributed by atoms with van der Waals surface area (Å²) in [5.41, 5.74) is 1.43. The Morgan fingerprint density at radius 3 is 2.83 bits per heavy atom. The molecule has 0 atom stereocenters. The summed E-state index contributed by atoms with van der Waals surface area (Å²) in [6.07, 6.45) is 5.06. The number of rotatable bonds is 4. The van der Waals surface area contributed by atoms with Crippen LogP contribution in [0.3, 0.4) is 0 Å². The van der Waals surface area contributed by atoms with Crippen LogP contribution in [0, 0.1) is 0 Å². The Bertz CT molecular complexity index is 532. The van der Waals surface area contributed by atoms with Gasteiger partial charge in [-0.1, -0.05) is 30.3 Å². The highest BCUT2D eigenvalue weighted by Gasteiger charge is 2.13. The number of thiol groups is 1. The Hall–Kier alpha value is -1.88. The lowest BCUT2D eigenvalue weighted by atomic mass is 10.2. The van der Waals surface area contributed by atoms with Crippen molar-refractivity contribution in [3.8, 4) is 0 Å². The fourth-order valence-corrected chi connectivity index (χ4v) is 1.68. The summed E-state index contributed by atoms with van der Waals surface area (Å²) in [5, 5.41) is 0. The number of carbonyl (C=O) groups excluding carboxylic acids is 1. The standard InChI is InChI=1S/C13H12N2O2S/c16-13(17-10-18)12-9-15(7-6-14-12)8-11-4-2-1-3-5-11/h1-7,9H,8,10H2/p+1. The van der Waals surface area contributed by atoms with Gasteiger partial charge in [0.25, 0.3) is 0 Å². The molecule has 18 heavy (non-hydrogen) atoms. The van der Waals surface area contributed by atoms with Crippen molar-refractivity contribution in [1.82, 2.24) is 4.98 Å². The van der Waals surface area contributed by atoms with E-state index in [0.29, 0.717) is 6.54 Å². The highest BCUT2D eigenvalue weighted by molar-refractivity contribution is 7.80. The van der Waals surface area contributed by atoms with Gasteiger partial charge in [0.05, 0.1) is 6.20 Å². The van der Waals surface area contributed by atoms with Crippen LogP contribution in [0.15, 0.2) is 48.9 Å². The van der Waals surface area contributed by atoms with Crippen LogP contribution < -0.4 is 4.57 Å². The average Bonchev–Trinajstić information content (AvgIpc) is 2.40. The third-order valence-corrected chi connectivity index (χ3v) is 2.50. The number of hydrogen-bond acceptors (Lipinski definition) is 4. The minimum atomic E-state index is -0.465. The van der Waals surface area contributed by atoms with Crippen LogP contribution >= 0.6 is 12.6 Å². The second-order valence-corrected chi connectivity index (χ2v) is 3.92. The van der Waals surface area contributed by atoms with E-state index >= 15 is 0 Å². The van der Waals surface area contributed by atoms with Gasteiger partial charge in [0.15, 0.2) is 12.7 Å². The van der Waals surface area contributed by atoms with Crippen molar-refractivity contribution in [2.75, 3.05) is 5.94 Å². The molecule has 92 valence electrons. The van der Waals surface area contributed by atoms with Crippen molar-refractivity contribution in [1.29, 1.82) is 0 Å². The predicted octanol–water partition coefficient (Wildman–Crippen LogP) is 1.46. The maximum atomic E-state index is 11.5. The maximum absolute atomic E-state index is 11.5. The largest absolute Gasteiger partial charge is 0.450 e. The van der Waals surface area contributed by atoms with Crippen LogP contribution in [0.25, 0.3) is 0 Å². The normalized spacial score (nSPS) is 10.1. The number of ether oxygens (including phenoxy) is 1. The first-order valence-electron chi connectivity index (χ1n) is 5.46. The van der Waals surface area contributed by atoms with Crippen LogP contribution in [-0.4, -0.2) is 16.9 Å². The average molecular weight is 261 g/mol. The highest BCUT2D eigenvalue weighted by atomic mass is 32.1. The Labute approximate surface area is 111 Å². The van der Waals surface area contributed by atoms with Crippen molar-refractivity contribution in [2.45, 2.75) is 6.54 Å². The van der Waals surface area contributed by atoms with E-state index in [1.165, 1.54) is 0 Å². The minimum absolute atomic E-state index is 0.0497. The van der Waals surface area contributed by atoms with Gasteiger partial charge in [-0.05, 0) is 0 Å². The molecule has 4 nitrogen and oxygen atoms in total. The molecule has 0 bridgehead atoms. The van der Waals surface area contributed by atoms with Crippen LogP contribution in [0.1, 0.15) is 16.1 Å². The number of aromatic nitrogens is 2. The smallest absolute Gasteiger partial charge is 0.364 e. The van der Waals surface area contributed by atoms with Crippen molar-refractivity contribution in [2.24, 2.45) is 0 Å². The van der Waals surface area contributed by atoms with Gasteiger partial charge >= 0.3 is 5.97 Å². The van der Waals surface area contributed by atoms with Crippen LogP contribution in [0.5, 0.6) is 0 Å². The first kappa shape index (κ1) is 12.6. The molecular formula is C13H13N2O2S+. The number of hydrogen-bond donors (Lipinski definition) is 1. The zero-order valence-electron chi connectivity index (χ0n) is 9.69. The van der Waals surface area contributed by atoms with Gasteiger partial charge in [0.2, 0.25) is 11.9 Å². The summed E-state index contributed by atoms with van der Waals surface area (Å²) in [7, 11) is 0. The van der Waals surface area contributed by atoms with E-state index in [4.69, 9.17) is 4.74 Å². The van der Waals surface area contributed by atoms with Crippen molar-refractivity contribution in [3.63, 3.8) is 0 Å². The molecule has 0 aliphatic carbocycles. The van der Waals surface area contributed by atoms with Crippen molar-refractivity contribution < 1.29 is 14.1 Å². The second kappa shape index (κ2) is 6.16. The molecule has 0 N–H and O–H groups in total. The van der Waals surface area contributed by atoms with E-state index in [9.17, 15) is 4.79 Å². The summed E-state index contributed by atoms with van der Waals surface area (Å²) in [5.74, 6) is -0.416. The molecule has 1 aromatic carbocycles. The fourth-order valence-electron chi connectivity index (χ4n) is 1.56. The zero-order chi connectivity index (χ0) is 12.8. The first-order valence-corrected chi connectivity index (χ1v) is 6.10. The van der Waals surface area contributed by atoms with Gasteiger partial charge in [-0.2, -0.15) is 4.57 Å². The molecule has 0 amide bonds. The van der Waals surface area contributed by atoms with E-state index in [1.807, 2.05) is 41.1 Å². The van der Waals surface area contributed by atoms with E-state index in [0.717, 1.165) is 5.56 Å². The van der Waals surface area contributed by atoms with E-state index < -0.39 is 5.97 Å². The summed E-state index contributed by atoms with van der Waals surface area (Å²) >= 11 is 3.84.